The topological polar surface area (TPSA) is 226 Å². The first-order valence-corrected chi connectivity index (χ1v) is 19.4. The minimum atomic E-state index is -1.41. The molecule has 0 heterocycles. The summed E-state index contributed by atoms with van der Waals surface area (Å²) in [6, 6.07) is 6.94. The number of nitrogens with one attached hydrogen (secondary N) is 5. The van der Waals surface area contributed by atoms with E-state index in [9.17, 15) is 44.4 Å². The van der Waals surface area contributed by atoms with Gasteiger partial charge in [-0.1, -0.05) is 91.0 Å². The van der Waals surface area contributed by atoms with Crippen molar-refractivity contribution >= 4 is 29.6 Å². The Bertz CT molecular complexity index is 1500. The predicted octanol–water partition coefficient (Wildman–Crippen LogP) is 3.31. The molecule has 4 amide bonds. The Morgan fingerprint density at radius 3 is 1.69 bits per heavy atom. The van der Waals surface area contributed by atoms with Crippen LogP contribution in [-0.2, 0) is 36.8 Å². The van der Waals surface area contributed by atoms with Gasteiger partial charge in [0, 0.05) is 12.5 Å². The maximum Gasteiger partial charge on any atom is 0.326 e. The highest BCUT2D eigenvalue weighted by atomic mass is 16.4. The Hall–Kier alpha value is -4.69. The van der Waals surface area contributed by atoms with Crippen LogP contribution in [0.1, 0.15) is 97.1 Å². The van der Waals surface area contributed by atoms with Crippen LogP contribution in [0.5, 0.6) is 11.5 Å². The molecule has 9 N–H and O–H groups in total. The van der Waals surface area contributed by atoms with Gasteiger partial charge in [0.1, 0.15) is 41.8 Å². The molecule has 0 aliphatic heterocycles. The number of likely N-dealkylation sites (N-methyl/N-ethyl adjacent to an activating group) is 1. The lowest BCUT2D eigenvalue weighted by atomic mass is 9.98. The molecule has 6 atom stereocenters. The summed E-state index contributed by atoms with van der Waals surface area (Å²) in [7, 11) is 1.67. The number of phenolic OH excluding ortho intramolecular Hbond substituents is 2. The molecule has 2 aromatic rings. The summed E-state index contributed by atoms with van der Waals surface area (Å²) >= 11 is 0. The van der Waals surface area contributed by atoms with Gasteiger partial charge in [-0.05, 0) is 80.0 Å². The molecule has 0 radical (unpaired) electrons. The van der Waals surface area contributed by atoms with E-state index < -0.39 is 71.8 Å². The zero-order valence-electron chi connectivity index (χ0n) is 33.1. The molecule has 0 saturated carbocycles. The van der Waals surface area contributed by atoms with Crippen LogP contribution in [0.15, 0.2) is 48.5 Å². The lowest BCUT2D eigenvalue weighted by Crippen LogP contribution is -2.60. The van der Waals surface area contributed by atoms with Crippen LogP contribution < -0.4 is 26.6 Å². The SMILES string of the molecule is CCCCCCC[C@@H](NC)[C@H](O)C(=O)N[C@H](C(=O)N[C@@H](CC(C)C)C(=O)N[C@H](CCc1ccc(O)cc1)C(=O)N[C@H](Cc1ccc(O)cc1)C(=O)O)C(C)C. The van der Waals surface area contributed by atoms with Crippen LogP contribution in [0.4, 0.5) is 0 Å². The van der Waals surface area contributed by atoms with Crippen molar-refractivity contribution in [1.82, 2.24) is 26.6 Å². The molecule has 0 unspecified atom stereocenters. The molecular weight excluding hydrogens is 706 g/mol. The Morgan fingerprint density at radius 2 is 1.16 bits per heavy atom. The molecular formula is C41H63N5O9. The summed E-state index contributed by atoms with van der Waals surface area (Å²) in [5, 5.41) is 53.9. The molecule has 55 heavy (non-hydrogen) atoms. The number of aliphatic hydroxyl groups excluding tert-OH is 1. The van der Waals surface area contributed by atoms with Gasteiger partial charge in [0.25, 0.3) is 5.91 Å². The maximum atomic E-state index is 13.9. The Kier molecular flexibility index (Phi) is 20.2. The van der Waals surface area contributed by atoms with Crippen molar-refractivity contribution in [2.24, 2.45) is 11.8 Å². The van der Waals surface area contributed by atoms with Gasteiger partial charge in [-0.25, -0.2) is 4.79 Å². The minimum Gasteiger partial charge on any atom is -0.508 e. The number of aryl methyl sites for hydroxylation is 1. The number of amides is 4. The molecule has 0 spiro atoms. The van der Waals surface area contributed by atoms with Gasteiger partial charge < -0.3 is 47.0 Å². The number of aliphatic carboxylic acids is 1. The van der Waals surface area contributed by atoms with Crippen molar-refractivity contribution in [3.63, 3.8) is 0 Å². The predicted molar refractivity (Wildman–Crippen MR) is 210 cm³/mol. The highest BCUT2D eigenvalue weighted by Crippen LogP contribution is 2.16. The molecule has 0 saturated heterocycles. The fraction of sp³-hybridized carbons (Fsp3) is 0.585. The zero-order chi connectivity index (χ0) is 41.1. The highest BCUT2D eigenvalue weighted by molar-refractivity contribution is 5.95. The first-order chi connectivity index (χ1) is 26.1. The third-order valence-electron chi connectivity index (χ3n) is 9.51. The molecule has 14 heteroatoms. The van der Waals surface area contributed by atoms with Crippen molar-refractivity contribution in [3.05, 3.63) is 59.7 Å². The van der Waals surface area contributed by atoms with Crippen LogP contribution in [0.25, 0.3) is 0 Å². The van der Waals surface area contributed by atoms with Crippen LogP contribution >= 0.6 is 0 Å². The van der Waals surface area contributed by atoms with Gasteiger partial charge in [0.15, 0.2) is 0 Å². The number of aromatic hydroxyl groups is 2. The summed E-state index contributed by atoms with van der Waals surface area (Å²) < 4.78 is 0. The van der Waals surface area contributed by atoms with Crippen molar-refractivity contribution in [1.29, 1.82) is 0 Å². The second-order valence-corrected chi connectivity index (χ2v) is 15.0. The first-order valence-electron chi connectivity index (χ1n) is 19.4. The molecule has 2 rings (SSSR count). The number of phenols is 2. The average molecular weight is 770 g/mol. The number of carboxylic acid groups (broad SMARTS) is 1. The summed E-state index contributed by atoms with van der Waals surface area (Å²) in [5.74, 6) is -4.50. The number of hydrogen-bond acceptors (Lipinski definition) is 9. The molecule has 0 aliphatic rings. The summed E-state index contributed by atoms with van der Waals surface area (Å²) in [4.78, 5) is 66.8. The molecule has 0 aliphatic carbocycles. The fourth-order valence-electron chi connectivity index (χ4n) is 6.20. The van der Waals surface area contributed by atoms with Crippen molar-refractivity contribution in [2.45, 2.75) is 135 Å². The van der Waals surface area contributed by atoms with Crippen LogP contribution in [0.3, 0.4) is 0 Å². The van der Waals surface area contributed by atoms with E-state index in [1.165, 1.54) is 24.3 Å². The van der Waals surface area contributed by atoms with E-state index in [-0.39, 0.29) is 43.1 Å². The van der Waals surface area contributed by atoms with Gasteiger partial charge in [0.2, 0.25) is 17.7 Å². The van der Waals surface area contributed by atoms with Gasteiger partial charge in [-0.15, -0.1) is 0 Å². The standard InChI is InChI=1S/C41H63N5O9/c1-7-8-9-10-11-12-31(42-6)36(49)40(53)46-35(26(4)5)39(52)44-33(23-25(2)3)38(51)43-32(22-17-27-13-18-29(47)19-14-27)37(50)45-34(41(54)55)24-28-15-20-30(48)21-16-28/h13-16,18-21,25-26,31-36,42,47-49H,7-12,17,22-24H2,1-6H3,(H,43,51)(H,44,52)(H,45,50)(H,46,53)(H,54,55)/t31-,32-,33+,34-,35+,36+/m1/s1. The second-order valence-electron chi connectivity index (χ2n) is 15.0. The third-order valence-corrected chi connectivity index (χ3v) is 9.51. The van der Waals surface area contributed by atoms with Crippen molar-refractivity contribution in [2.75, 3.05) is 7.05 Å². The van der Waals surface area contributed by atoms with E-state index in [4.69, 9.17) is 0 Å². The number of hydrogen-bond donors (Lipinski definition) is 9. The third kappa shape index (κ3) is 16.7. The fourth-order valence-corrected chi connectivity index (χ4v) is 6.20. The maximum absolute atomic E-state index is 13.9. The second kappa shape index (κ2) is 24.0. The van der Waals surface area contributed by atoms with Gasteiger partial charge in [0.05, 0.1) is 0 Å². The monoisotopic (exact) mass is 769 g/mol. The van der Waals surface area contributed by atoms with E-state index in [0.717, 1.165) is 37.7 Å². The quantitative estimate of drug-likeness (QED) is 0.0670. The summed E-state index contributed by atoms with van der Waals surface area (Å²) in [6.07, 6.45) is 4.72. The molecule has 0 fully saturated rings. The Labute approximate surface area is 325 Å². The van der Waals surface area contributed by atoms with E-state index in [2.05, 4.69) is 33.5 Å². The lowest BCUT2D eigenvalue weighted by Gasteiger charge is -2.29. The van der Waals surface area contributed by atoms with Crippen LogP contribution in [0.2, 0.25) is 0 Å². The van der Waals surface area contributed by atoms with Gasteiger partial charge in [-0.3, -0.25) is 19.2 Å². The molecule has 2 aromatic carbocycles. The number of unbranched alkanes of at least 4 members (excludes halogenated alkanes) is 4. The van der Waals surface area contributed by atoms with Crippen LogP contribution in [0, 0.1) is 11.8 Å². The van der Waals surface area contributed by atoms with Crippen LogP contribution in [-0.4, -0.2) is 93.4 Å². The molecule has 14 nitrogen and oxygen atoms in total. The smallest absolute Gasteiger partial charge is 0.326 e. The van der Waals surface area contributed by atoms with Crippen molar-refractivity contribution in [3.8, 4) is 11.5 Å². The molecule has 0 aromatic heterocycles. The Morgan fingerprint density at radius 1 is 0.636 bits per heavy atom. The summed E-state index contributed by atoms with van der Waals surface area (Å²) in [6.45, 7) is 9.32. The molecule has 0 bridgehead atoms. The van der Waals surface area contributed by atoms with Crippen molar-refractivity contribution < 1.29 is 44.4 Å². The number of carbonyl (C=O) groups is 5. The lowest BCUT2D eigenvalue weighted by molar-refractivity contribution is -0.142. The number of aliphatic hydroxyl groups is 1. The average Bonchev–Trinajstić information content (AvgIpc) is 3.13. The van der Waals surface area contributed by atoms with Gasteiger partial charge >= 0.3 is 5.97 Å². The largest absolute Gasteiger partial charge is 0.508 e. The van der Waals surface area contributed by atoms with E-state index in [0.29, 0.717) is 12.0 Å². The highest BCUT2D eigenvalue weighted by Gasteiger charge is 2.34. The normalized spacial score (nSPS) is 14.6. The Balaban J connectivity index is 2.26. The number of carboxylic acids is 1. The summed E-state index contributed by atoms with van der Waals surface area (Å²) in [5.41, 5.74) is 1.31. The number of rotatable bonds is 25. The van der Waals surface area contributed by atoms with Gasteiger partial charge in [-0.2, -0.15) is 0 Å². The molecule has 306 valence electrons. The first kappa shape index (κ1) is 46.5. The minimum absolute atomic E-state index is 0.00493. The van der Waals surface area contributed by atoms with E-state index in [1.807, 2.05) is 13.8 Å². The van der Waals surface area contributed by atoms with E-state index >= 15 is 0 Å². The number of benzene rings is 2. The number of carbonyl (C=O) groups excluding carboxylic acids is 4. The zero-order valence-corrected chi connectivity index (χ0v) is 33.1. The van der Waals surface area contributed by atoms with E-state index in [1.54, 1.807) is 45.2 Å².